The minimum absolute atomic E-state index is 0.518. The van der Waals surface area contributed by atoms with E-state index in [4.69, 9.17) is 19.9 Å². The molecule has 0 radical (unpaired) electrons. The molecule has 12 aromatic rings. The van der Waals surface area contributed by atoms with Crippen molar-refractivity contribution in [2.75, 3.05) is 0 Å². The zero-order chi connectivity index (χ0) is 50.3. The van der Waals surface area contributed by atoms with Gasteiger partial charge in [0.1, 0.15) is 0 Å². The summed E-state index contributed by atoms with van der Waals surface area (Å²) in [7, 11) is 0. The lowest BCUT2D eigenvalue weighted by Gasteiger charge is -2.34. The number of hydrogen-bond acceptors (Lipinski definition) is 4. The summed E-state index contributed by atoms with van der Waals surface area (Å²) < 4.78 is 0. The standard InChI is InChI=1S/C71H50N4/c1-47-34-43-60(48(2)72-47)55-26-19-27-56(44-55)70-74-68(73-69(75-70)54-39-41-59(42-40-54)71(58-28-13-6-14-29-58)65-32-17-15-30-61(65)62-31-16-18-33-66(62)71)53-37-35-52(36-38-53)67-63(50-22-9-4-10-23-50)45-57(49-20-7-3-8-21-49)46-64(67)51-24-11-5-12-25-51/h3-46H,1-2H3. The van der Waals surface area contributed by atoms with Crippen molar-refractivity contribution < 1.29 is 0 Å². The van der Waals surface area contributed by atoms with E-state index in [1.165, 1.54) is 38.9 Å². The molecule has 75 heavy (non-hydrogen) atoms. The van der Waals surface area contributed by atoms with E-state index in [9.17, 15) is 0 Å². The van der Waals surface area contributed by atoms with Gasteiger partial charge < -0.3 is 0 Å². The maximum Gasteiger partial charge on any atom is 0.164 e. The number of aromatic nitrogens is 4. The summed E-state index contributed by atoms with van der Waals surface area (Å²) in [6.45, 7) is 4.09. The Bertz CT molecular complexity index is 3930. The molecule has 4 nitrogen and oxygen atoms in total. The third kappa shape index (κ3) is 8.14. The first-order valence-corrected chi connectivity index (χ1v) is 25.6. The van der Waals surface area contributed by atoms with Crippen LogP contribution in [0.4, 0.5) is 0 Å². The van der Waals surface area contributed by atoms with E-state index in [0.29, 0.717) is 17.5 Å². The normalized spacial score (nSPS) is 12.2. The number of benzene rings is 10. The lowest BCUT2D eigenvalue weighted by Crippen LogP contribution is -2.28. The molecule has 354 valence electrons. The molecule has 2 heterocycles. The number of nitrogens with zero attached hydrogens (tertiary/aromatic N) is 4. The smallest absolute Gasteiger partial charge is 0.164 e. The molecular formula is C71H50N4. The molecule has 10 aromatic carbocycles. The van der Waals surface area contributed by atoms with Crippen LogP contribution in [0.1, 0.15) is 33.6 Å². The van der Waals surface area contributed by atoms with Gasteiger partial charge in [0.15, 0.2) is 17.5 Å². The second kappa shape index (κ2) is 19.1. The molecule has 1 aliphatic rings. The summed E-state index contributed by atoms with van der Waals surface area (Å²) >= 11 is 0. The summed E-state index contributed by atoms with van der Waals surface area (Å²) in [6.07, 6.45) is 0. The van der Waals surface area contributed by atoms with E-state index in [1.54, 1.807) is 0 Å². The van der Waals surface area contributed by atoms with Crippen LogP contribution in [0.15, 0.2) is 267 Å². The predicted molar refractivity (Wildman–Crippen MR) is 308 cm³/mol. The van der Waals surface area contributed by atoms with E-state index in [1.807, 2.05) is 6.92 Å². The van der Waals surface area contributed by atoms with Gasteiger partial charge in [0.2, 0.25) is 0 Å². The van der Waals surface area contributed by atoms with Crippen molar-refractivity contribution in [2.24, 2.45) is 0 Å². The Kier molecular flexibility index (Phi) is 11.5. The Morgan fingerprint density at radius 2 is 0.680 bits per heavy atom. The molecule has 2 aromatic heterocycles. The fraction of sp³-hybridized carbons (Fsp3) is 0.0423. The molecule has 0 spiro atoms. The first kappa shape index (κ1) is 45.2. The van der Waals surface area contributed by atoms with Crippen LogP contribution in [-0.4, -0.2) is 19.9 Å². The second-order valence-electron chi connectivity index (χ2n) is 19.4. The van der Waals surface area contributed by atoms with Crippen molar-refractivity contribution in [3.8, 4) is 101 Å². The van der Waals surface area contributed by atoms with E-state index >= 15 is 0 Å². The second-order valence-corrected chi connectivity index (χ2v) is 19.4. The molecule has 0 amide bonds. The van der Waals surface area contributed by atoms with Gasteiger partial charge in [0.05, 0.1) is 5.41 Å². The van der Waals surface area contributed by atoms with Gasteiger partial charge in [-0.25, -0.2) is 15.0 Å². The highest BCUT2D eigenvalue weighted by atomic mass is 15.0. The summed E-state index contributed by atoms with van der Waals surface area (Å²) in [5, 5.41) is 0. The number of rotatable bonds is 10. The minimum atomic E-state index is -0.518. The largest absolute Gasteiger partial charge is 0.258 e. The van der Waals surface area contributed by atoms with Crippen molar-refractivity contribution in [1.82, 2.24) is 19.9 Å². The zero-order valence-electron chi connectivity index (χ0n) is 41.7. The van der Waals surface area contributed by atoms with Crippen LogP contribution in [0.5, 0.6) is 0 Å². The third-order valence-corrected chi connectivity index (χ3v) is 14.9. The molecule has 4 heteroatoms. The lowest BCUT2D eigenvalue weighted by atomic mass is 9.67. The molecule has 0 unspecified atom stereocenters. The minimum Gasteiger partial charge on any atom is -0.258 e. The summed E-state index contributed by atoms with van der Waals surface area (Å²) in [6, 6.07) is 95.7. The quantitative estimate of drug-likeness (QED) is 0.137. The highest BCUT2D eigenvalue weighted by molar-refractivity contribution is 5.98. The van der Waals surface area contributed by atoms with Crippen molar-refractivity contribution in [2.45, 2.75) is 19.3 Å². The maximum atomic E-state index is 5.32. The van der Waals surface area contributed by atoms with E-state index in [0.717, 1.165) is 78.1 Å². The van der Waals surface area contributed by atoms with Crippen LogP contribution >= 0.6 is 0 Å². The summed E-state index contributed by atoms with van der Waals surface area (Å²) in [4.78, 5) is 20.7. The van der Waals surface area contributed by atoms with Gasteiger partial charge in [-0.1, -0.05) is 243 Å². The van der Waals surface area contributed by atoms with Crippen molar-refractivity contribution in [1.29, 1.82) is 0 Å². The Balaban J connectivity index is 0.964. The van der Waals surface area contributed by atoms with Gasteiger partial charge in [-0.2, -0.15) is 0 Å². The average Bonchev–Trinajstić information content (AvgIpc) is 3.80. The van der Waals surface area contributed by atoms with Gasteiger partial charge in [-0.05, 0) is 122 Å². The van der Waals surface area contributed by atoms with E-state index in [2.05, 4.69) is 274 Å². The van der Waals surface area contributed by atoms with Gasteiger partial charge in [-0.3, -0.25) is 4.98 Å². The molecule has 0 atom stereocenters. The Hall–Kier alpha value is -9.64. The monoisotopic (exact) mass is 958 g/mol. The Labute approximate surface area is 438 Å². The fourth-order valence-electron chi connectivity index (χ4n) is 11.4. The Morgan fingerprint density at radius 1 is 0.253 bits per heavy atom. The maximum absolute atomic E-state index is 5.32. The molecule has 1 aliphatic carbocycles. The van der Waals surface area contributed by atoms with Crippen molar-refractivity contribution >= 4 is 0 Å². The summed E-state index contributed by atoms with van der Waals surface area (Å²) in [5.74, 6) is 1.78. The molecule has 0 fully saturated rings. The Morgan fingerprint density at radius 3 is 1.23 bits per heavy atom. The van der Waals surface area contributed by atoms with E-state index < -0.39 is 5.41 Å². The molecule has 0 N–H and O–H groups in total. The van der Waals surface area contributed by atoms with Crippen LogP contribution in [0, 0.1) is 13.8 Å². The van der Waals surface area contributed by atoms with Crippen LogP contribution in [-0.2, 0) is 5.41 Å². The van der Waals surface area contributed by atoms with Crippen LogP contribution in [0.2, 0.25) is 0 Å². The van der Waals surface area contributed by atoms with Gasteiger partial charge >= 0.3 is 0 Å². The predicted octanol–water partition coefficient (Wildman–Crippen LogP) is 17.6. The first-order chi connectivity index (χ1) is 37.0. The van der Waals surface area contributed by atoms with Crippen molar-refractivity contribution in [3.05, 3.63) is 301 Å². The van der Waals surface area contributed by atoms with Crippen LogP contribution in [0.25, 0.3) is 101 Å². The van der Waals surface area contributed by atoms with Gasteiger partial charge in [0, 0.05) is 33.6 Å². The molecule has 0 bridgehead atoms. The van der Waals surface area contributed by atoms with E-state index in [-0.39, 0.29) is 0 Å². The molecule has 0 saturated carbocycles. The lowest BCUT2D eigenvalue weighted by molar-refractivity contribution is 0.768. The summed E-state index contributed by atoms with van der Waals surface area (Å²) in [5.41, 5.74) is 23.0. The molecule has 13 rings (SSSR count). The average molecular weight is 959 g/mol. The topological polar surface area (TPSA) is 51.6 Å². The number of fused-ring (bicyclic) bond motifs is 3. The molecular weight excluding hydrogens is 909 g/mol. The number of pyridine rings is 1. The molecule has 0 aliphatic heterocycles. The molecule has 0 saturated heterocycles. The van der Waals surface area contributed by atoms with Crippen LogP contribution < -0.4 is 0 Å². The number of hydrogen-bond donors (Lipinski definition) is 0. The SMILES string of the molecule is Cc1ccc(-c2cccc(-c3nc(-c4ccc(-c5c(-c6ccccc6)cc(-c6ccccc6)cc5-c5ccccc5)cc4)nc(-c4ccc(C5(c6ccccc6)c6ccccc6-c6ccccc65)cc4)n3)c2)c(C)n1. The first-order valence-electron chi connectivity index (χ1n) is 25.6. The van der Waals surface area contributed by atoms with Gasteiger partial charge in [0.25, 0.3) is 0 Å². The zero-order valence-corrected chi connectivity index (χ0v) is 41.7. The van der Waals surface area contributed by atoms with Gasteiger partial charge in [-0.15, -0.1) is 0 Å². The highest BCUT2D eigenvalue weighted by Crippen LogP contribution is 2.56. The van der Waals surface area contributed by atoms with Crippen LogP contribution in [0.3, 0.4) is 0 Å². The van der Waals surface area contributed by atoms with Crippen molar-refractivity contribution in [3.63, 3.8) is 0 Å². The number of aryl methyl sites for hydroxylation is 2. The fourth-order valence-corrected chi connectivity index (χ4v) is 11.4. The highest BCUT2D eigenvalue weighted by Gasteiger charge is 2.45. The third-order valence-electron chi connectivity index (χ3n) is 14.9.